The number of hydrogen-bond donors (Lipinski definition) is 1. The van der Waals surface area contributed by atoms with Gasteiger partial charge < -0.3 is 5.11 Å². The molecule has 5 heteroatoms. The third-order valence-electron chi connectivity index (χ3n) is 2.87. The molecule has 20 heavy (non-hydrogen) atoms. The summed E-state index contributed by atoms with van der Waals surface area (Å²) in [6.45, 7) is 1.81. The molecule has 0 aliphatic heterocycles. The van der Waals surface area contributed by atoms with Crippen molar-refractivity contribution in [3.8, 4) is 0 Å². The Kier molecular flexibility index (Phi) is 4.39. The highest BCUT2D eigenvalue weighted by atomic mass is 32.2. The summed E-state index contributed by atoms with van der Waals surface area (Å²) in [6.07, 6.45) is 0. The van der Waals surface area contributed by atoms with Gasteiger partial charge in [-0.25, -0.2) is 13.6 Å². The van der Waals surface area contributed by atoms with Crippen LogP contribution >= 0.6 is 11.8 Å². The molecular formula is C15H12F2O2S. The normalized spacial score (nSPS) is 10.6. The Morgan fingerprint density at radius 2 is 1.95 bits per heavy atom. The third kappa shape index (κ3) is 3.36. The summed E-state index contributed by atoms with van der Waals surface area (Å²) in [7, 11) is 0. The second-order valence-electron chi connectivity index (χ2n) is 4.31. The van der Waals surface area contributed by atoms with Crippen molar-refractivity contribution in [2.45, 2.75) is 17.6 Å². The van der Waals surface area contributed by atoms with E-state index in [2.05, 4.69) is 0 Å². The second-order valence-corrected chi connectivity index (χ2v) is 5.33. The van der Waals surface area contributed by atoms with Gasteiger partial charge in [-0.05, 0) is 42.3 Å². The van der Waals surface area contributed by atoms with Crippen LogP contribution < -0.4 is 0 Å². The first-order valence-electron chi connectivity index (χ1n) is 5.88. The van der Waals surface area contributed by atoms with Gasteiger partial charge in [0.15, 0.2) is 0 Å². The molecule has 0 saturated carbocycles. The molecule has 0 amide bonds. The largest absolute Gasteiger partial charge is 0.478 e. The molecule has 0 heterocycles. The van der Waals surface area contributed by atoms with E-state index in [1.54, 1.807) is 12.1 Å². The molecule has 0 aliphatic rings. The lowest BCUT2D eigenvalue weighted by Crippen LogP contribution is -1.98. The van der Waals surface area contributed by atoms with Crippen molar-refractivity contribution in [1.29, 1.82) is 0 Å². The Bertz CT molecular complexity index is 656. The third-order valence-corrected chi connectivity index (χ3v) is 3.96. The van der Waals surface area contributed by atoms with E-state index >= 15 is 0 Å². The van der Waals surface area contributed by atoms with E-state index in [4.69, 9.17) is 5.11 Å². The molecular weight excluding hydrogens is 282 g/mol. The second kappa shape index (κ2) is 6.05. The molecule has 0 fully saturated rings. The lowest BCUT2D eigenvalue weighted by Gasteiger charge is -2.07. The lowest BCUT2D eigenvalue weighted by atomic mass is 10.1. The SMILES string of the molecule is Cc1cc(C(=O)O)ccc1CSc1ccc(F)cc1F. The number of aromatic carboxylic acids is 1. The summed E-state index contributed by atoms with van der Waals surface area (Å²) in [4.78, 5) is 11.2. The summed E-state index contributed by atoms with van der Waals surface area (Å²) in [5.74, 6) is -1.67. The van der Waals surface area contributed by atoms with Gasteiger partial charge in [0.05, 0.1) is 5.56 Å². The first-order valence-corrected chi connectivity index (χ1v) is 6.86. The molecule has 104 valence electrons. The Balaban J connectivity index is 2.13. The number of halogens is 2. The molecule has 0 aliphatic carbocycles. The van der Waals surface area contributed by atoms with Crippen molar-refractivity contribution in [1.82, 2.24) is 0 Å². The van der Waals surface area contributed by atoms with Crippen LogP contribution in [0.1, 0.15) is 21.5 Å². The van der Waals surface area contributed by atoms with E-state index in [0.29, 0.717) is 10.6 Å². The van der Waals surface area contributed by atoms with Gasteiger partial charge in [-0.15, -0.1) is 11.8 Å². The van der Waals surface area contributed by atoms with Gasteiger partial charge in [0.1, 0.15) is 11.6 Å². The number of aryl methyl sites for hydroxylation is 1. The van der Waals surface area contributed by atoms with Crippen LogP contribution in [0.25, 0.3) is 0 Å². The van der Waals surface area contributed by atoms with Gasteiger partial charge in [0, 0.05) is 16.7 Å². The van der Waals surface area contributed by atoms with Gasteiger partial charge in [0.2, 0.25) is 0 Å². The maximum absolute atomic E-state index is 13.5. The summed E-state index contributed by atoms with van der Waals surface area (Å²) in [5, 5.41) is 8.88. The zero-order valence-electron chi connectivity index (χ0n) is 10.7. The first-order chi connectivity index (χ1) is 9.47. The highest BCUT2D eigenvalue weighted by Gasteiger charge is 2.08. The number of carboxylic acids is 1. The highest BCUT2D eigenvalue weighted by molar-refractivity contribution is 7.98. The van der Waals surface area contributed by atoms with Crippen LogP contribution in [0.2, 0.25) is 0 Å². The van der Waals surface area contributed by atoms with Crippen LogP contribution in [0.15, 0.2) is 41.3 Å². The predicted molar refractivity (Wildman–Crippen MR) is 74.1 cm³/mol. The van der Waals surface area contributed by atoms with Crippen LogP contribution in [-0.2, 0) is 5.75 Å². The van der Waals surface area contributed by atoms with Crippen molar-refractivity contribution in [3.05, 3.63) is 64.7 Å². The standard InChI is InChI=1S/C15H12F2O2S/c1-9-6-10(15(18)19)2-3-11(9)8-20-14-5-4-12(16)7-13(14)17/h2-7H,8H2,1H3,(H,18,19). The summed E-state index contributed by atoms with van der Waals surface area (Å²) < 4.78 is 26.3. The fraction of sp³-hybridized carbons (Fsp3) is 0.133. The van der Waals surface area contributed by atoms with Crippen LogP contribution in [0.5, 0.6) is 0 Å². The molecule has 1 N–H and O–H groups in total. The van der Waals surface area contributed by atoms with Gasteiger partial charge in [-0.3, -0.25) is 0 Å². The molecule has 2 aromatic rings. The fourth-order valence-electron chi connectivity index (χ4n) is 1.74. The van der Waals surface area contributed by atoms with Crippen molar-refractivity contribution >= 4 is 17.7 Å². The van der Waals surface area contributed by atoms with Gasteiger partial charge in [-0.2, -0.15) is 0 Å². The first kappa shape index (κ1) is 14.5. The molecule has 2 nitrogen and oxygen atoms in total. The number of rotatable bonds is 4. The number of carbonyl (C=O) groups is 1. The summed E-state index contributed by atoms with van der Waals surface area (Å²) in [5.41, 5.74) is 1.98. The van der Waals surface area contributed by atoms with E-state index in [1.165, 1.54) is 30.0 Å². The molecule has 0 bridgehead atoms. The van der Waals surface area contributed by atoms with Crippen LogP contribution in [-0.4, -0.2) is 11.1 Å². The van der Waals surface area contributed by atoms with Crippen LogP contribution in [0, 0.1) is 18.6 Å². The Hall–Kier alpha value is -1.88. The van der Waals surface area contributed by atoms with E-state index < -0.39 is 17.6 Å². The zero-order chi connectivity index (χ0) is 14.7. The van der Waals surface area contributed by atoms with E-state index in [9.17, 15) is 13.6 Å². The highest BCUT2D eigenvalue weighted by Crippen LogP contribution is 2.27. The maximum atomic E-state index is 13.5. The fourth-order valence-corrected chi connectivity index (χ4v) is 2.73. The minimum Gasteiger partial charge on any atom is -0.478 e. The van der Waals surface area contributed by atoms with E-state index in [1.807, 2.05) is 6.92 Å². The van der Waals surface area contributed by atoms with Gasteiger partial charge >= 0.3 is 5.97 Å². The number of carboxylic acid groups (broad SMARTS) is 1. The van der Waals surface area contributed by atoms with E-state index in [-0.39, 0.29) is 5.56 Å². The zero-order valence-corrected chi connectivity index (χ0v) is 11.5. The number of benzene rings is 2. The summed E-state index contributed by atoms with van der Waals surface area (Å²) >= 11 is 1.25. The van der Waals surface area contributed by atoms with Crippen molar-refractivity contribution in [3.63, 3.8) is 0 Å². The van der Waals surface area contributed by atoms with Crippen LogP contribution in [0.4, 0.5) is 8.78 Å². The average molecular weight is 294 g/mol. The van der Waals surface area contributed by atoms with Crippen molar-refractivity contribution in [2.75, 3.05) is 0 Å². The molecule has 0 spiro atoms. The van der Waals surface area contributed by atoms with Gasteiger partial charge in [-0.1, -0.05) is 6.07 Å². The van der Waals surface area contributed by atoms with Crippen molar-refractivity contribution in [2.24, 2.45) is 0 Å². The number of thioether (sulfide) groups is 1. The molecule has 0 saturated heterocycles. The Morgan fingerprint density at radius 3 is 2.55 bits per heavy atom. The Morgan fingerprint density at radius 1 is 1.20 bits per heavy atom. The van der Waals surface area contributed by atoms with Crippen LogP contribution in [0.3, 0.4) is 0 Å². The lowest BCUT2D eigenvalue weighted by molar-refractivity contribution is 0.0697. The summed E-state index contributed by atoms with van der Waals surface area (Å²) in [6, 6.07) is 8.28. The molecule has 0 aromatic heterocycles. The predicted octanol–water partition coefficient (Wildman–Crippen LogP) is 4.26. The topological polar surface area (TPSA) is 37.3 Å². The monoisotopic (exact) mass is 294 g/mol. The van der Waals surface area contributed by atoms with Gasteiger partial charge in [0.25, 0.3) is 0 Å². The van der Waals surface area contributed by atoms with Crippen molar-refractivity contribution < 1.29 is 18.7 Å². The Labute approximate surface area is 119 Å². The minimum absolute atomic E-state index is 0.226. The molecule has 2 rings (SSSR count). The molecule has 0 unspecified atom stereocenters. The quantitative estimate of drug-likeness (QED) is 0.856. The average Bonchev–Trinajstić information content (AvgIpc) is 2.38. The maximum Gasteiger partial charge on any atom is 0.335 e. The smallest absolute Gasteiger partial charge is 0.335 e. The molecule has 0 atom stereocenters. The molecule has 0 radical (unpaired) electrons. The number of hydrogen-bond acceptors (Lipinski definition) is 2. The molecule has 2 aromatic carbocycles. The minimum atomic E-state index is -0.975. The van der Waals surface area contributed by atoms with E-state index in [0.717, 1.165) is 17.2 Å².